The van der Waals surface area contributed by atoms with Gasteiger partial charge in [0.2, 0.25) is 0 Å². The van der Waals surface area contributed by atoms with Gasteiger partial charge < -0.3 is 18.9 Å². The molecule has 8 nitrogen and oxygen atoms in total. The van der Waals surface area contributed by atoms with Crippen LogP contribution in [0.3, 0.4) is 0 Å². The van der Waals surface area contributed by atoms with Crippen LogP contribution in [0, 0.1) is 11.8 Å². The number of carbonyl (C=O) groups excluding carboxylic acids is 4. The van der Waals surface area contributed by atoms with Gasteiger partial charge in [0.15, 0.2) is 0 Å². The molecule has 2 fully saturated rings. The molecule has 0 radical (unpaired) electrons. The Morgan fingerprint density at radius 1 is 0.538 bits per heavy atom. The van der Waals surface area contributed by atoms with Crippen molar-refractivity contribution >= 4 is 23.9 Å². The minimum atomic E-state index is -1.28. The van der Waals surface area contributed by atoms with Gasteiger partial charge in [0.05, 0.1) is 38.2 Å². The molecule has 2 aliphatic rings. The largest absolute Gasteiger partial charge is 0.469 e. The summed E-state index contributed by atoms with van der Waals surface area (Å²) >= 11 is 0. The molecule has 0 aromatic heterocycles. The minimum Gasteiger partial charge on any atom is -0.469 e. The zero-order chi connectivity index (χ0) is 37.3. The molecule has 2 aromatic carbocycles. The Balaban J connectivity index is 1.39. The van der Waals surface area contributed by atoms with Crippen molar-refractivity contribution < 1.29 is 38.1 Å². The summed E-state index contributed by atoms with van der Waals surface area (Å²) in [6.07, 6.45) is 16.5. The average molecular weight is 719 g/mol. The number of esters is 4. The second-order valence-electron chi connectivity index (χ2n) is 15.1. The summed E-state index contributed by atoms with van der Waals surface area (Å²) in [6.45, 7) is 4.48. The molecule has 286 valence electrons. The van der Waals surface area contributed by atoms with Crippen molar-refractivity contribution in [2.45, 2.75) is 153 Å². The van der Waals surface area contributed by atoms with Gasteiger partial charge in [-0.15, -0.1) is 0 Å². The maximum absolute atomic E-state index is 13.4. The van der Waals surface area contributed by atoms with Crippen molar-refractivity contribution in [3.05, 3.63) is 70.8 Å². The molecule has 0 unspecified atom stereocenters. The number of carbonyl (C=O) groups is 4. The van der Waals surface area contributed by atoms with Crippen molar-refractivity contribution in [1.82, 2.24) is 0 Å². The molecule has 0 aliphatic heterocycles. The lowest BCUT2D eigenvalue weighted by Gasteiger charge is -2.29. The third-order valence-electron chi connectivity index (χ3n) is 11.5. The van der Waals surface area contributed by atoms with Crippen LogP contribution in [-0.4, -0.2) is 50.3 Å². The summed E-state index contributed by atoms with van der Waals surface area (Å²) in [5.41, 5.74) is 3.02. The maximum Gasteiger partial charge on any atom is 0.338 e. The van der Waals surface area contributed by atoms with Gasteiger partial charge in [0, 0.05) is 0 Å². The minimum absolute atomic E-state index is 0.306. The number of hydrogen-bond donors (Lipinski definition) is 0. The number of unbranched alkanes of at least 4 members (excludes halogenated alkanes) is 4. The summed E-state index contributed by atoms with van der Waals surface area (Å²) in [6, 6.07) is 14.9. The Labute approximate surface area is 311 Å². The van der Waals surface area contributed by atoms with Crippen molar-refractivity contribution in [3.8, 4) is 0 Å². The lowest BCUT2D eigenvalue weighted by Crippen LogP contribution is -2.39. The quantitative estimate of drug-likeness (QED) is 0.0803. The summed E-state index contributed by atoms with van der Waals surface area (Å²) in [5.74, 6) is -0.163. The summed E-state index contributed by atoms with van der Waals surface area (Å²) in [7, 11) is 2.45. The summed E-state index contributed by atoms with van der Waals surface area (Å²) < 4.78 is 21.4. The molecular weight excluding hydrogens is 656 g/mol. The van der Waals surface area contributed by atoms with Gasteiger partial charge in [-0.1, -0.05) is 89.5 Å². The zero-order valence-electron chi connectivity index (χ0n) is 32.1. The zero-order valence-corrected chi connectivity index (χ0v) is 32.1. The van der Waals surface area contributed by atoms with E-state index < -0.39 is 48.9 Å². The first kappa shape index (κ1) is 41.1. The number of ether oxygens (including phenoxy) is 4. The Morgan fingerprint density at radius 2 is 0.885 bits per heavy atom. The fourth-order valence-electron chi connectivity index (χ4n) is 8.12. The number of hydrogen-bond acceptors (Lipinski definition) is 8. The van der Waals surface area contributed by atoms with Crippen LogP contribution in [0.2, 0.25) is 0 Å². The number of benzene rings is 2. The van der Waals surface area contributed by atoms with E-state index in [0.29, 0.717) is 23.0 Å². The average Bonchev–Trinajstić information content (AvgIpc) is 3.18. The Bertz CT molecular complexity index is 1280. The van der Waals surface area contributed by atoms with Crippen molar-refractivity contribution in [2.24, 2.45) is 11.8 Å². The van der Waals surface area contributed by atoms with Gasteiger partial charge >= 0.3 is 23.9 Å². The van der Waals surface area contributed by atoms with Gasteiger partial charge in [-0.2, -0.15) is 0 Å². The van der Waals surface area contributed by atoms with Gasteiger partial charge in [-0.3, -0.25) is 9.59 Å². The fourth-order valence-corrected chi connectivity index (χ4v) is 8.12. The van der Waals surface area contributed by atoms with E-state index in [2.05, 4.69) is 13.8 Å². The van der Waals surface area contributed by atoms with Crippen LogP contribution >= 0.6 is 0 Å². The molecule has 0 bridgehead atoms. The number of methoxy groups -OCH3 is 2. The van der Waals surface area contributed by atoms with Crippen LogP contribution in [-0.2, 0) is 28.5 Å². The molecular formula is C44H62O8. The molecule has 4 rings (SSSR count). The third kappa shape index (κ3) is 12.8. The predicted octanol–water partition coefficient (Wildman–Crippen LogP) is 10.3. The second-order valence-corrected chi connectivity index (χ2v) is 15.1. The molecule has 2 aliphatic carbocycles. The molecule has 0 saturated heterocycles. The highest BCUT2D eigenvalue weighted by Crippen LogP contribution is 2.39. The lowest BCUT2D eigenvalue weighted by molar-refractivity contribution is -0.150. The first-order valence-corrected chi connectivity index (χ1v) is 20.0. The monoisotopic (exact) mass is 718 g/mol. The molecule has 0 N–H and O–H groups in total. The van der Waals surface area contributed by atoms with Crippen molar-refractivity contribution in [3.63, 3.8) is 0 Å². The smallest absolute Gasteiger partial charge is 0.338 e. The molecule has 8 heteroatoms. The Kier molecular flexibility index (Phi) is 17.2. The Hall–Kier alpha value is -3.68. The van der Waals surface area contributed by atoms with Crippen LogP contribution in [0.15, 0.2) is 48.5 Å². The molecule has 52 heavy (non-hydrogen) atoms. The normalized spacial score (nSPS) is 21.4. The van der Waals surface area contributed by atoms with Gasteiger partial charge in [0.1, 0.15) is 12.2 Å². The van der Waals surface area contributed by atoms with E-state index in [0.717, 1.165) is 37.5 Å². The summed E-state index contributed by atoms with van der Waals surface area (Å²) in [4.78, 5) is 51.8. The topological polar surface area (TPSA) is 105 Å². The first-order chi connectivity index (χ1) is 25.2. The van der Waals surface area contributed by atoms with Crippen molar-refractivity contribution in [2.75, 3.05) is 14.2 Å². The molecule has 0 heterocycles. The Morgan fingerprint density at radius 3 is 1.19 bits per heavy atom. The van der Waals surface area contributed by atoms with E-state index in [1.54, 1.807) is 24.3 Å². The van der Waals surface area contributed by atoms with E-state index in [1.165, 1.54) is 102 Å². The lowest BCUT2D eigenvalue weighted by atomic mass is 9.77. The van der Waals surface area contributed by atoms with E-state index in [4.69, 9.17) is 18.9 Å². The standard InChI is InChI=1S/C44H62O8/c1-5-7-9-11-31-13-17-33(18-14-31)35-21-25-37(26-22-35)43(47)51-39(29-41(45)49-3)40(30-42(46)50-4)52-44(48)38-27-23-36(24-28-38)34-19-15-32(16-20-34)12-10-8-6-2/h21-28,31-34,39-40H,5-20,29-30H2,1-4H3/t31-,32-,33-,34-,39-,40-/m1/s1. The highest BCUT2D eigenvalue weighted by molar-refractivity contribution is 5.91. The van der Waals surface area contributed by atoms with Crippen LogP contribution in [0.1, 0.15) is 173 Å². The van der Waals surface area contributed by atoms with Crippen LogP contribution in [0.4, 0.5) is 0 Å². The van der Waals surface area contributed by atoms with E-state index >= 15 is 0 Å². The first-order valence-electron chi connectivity index (χ1n) is 20.0. The SMILES string of the molecule is CCCCC[C@H]1CC[C@H](c2ccc(C(=O)O[C@H](CC(=O)OC)[C@@H](CC(=O)OC)OC(=O)c3ccc([C@H]4CC[C@H](CCCCC)CC4)cc3)cc2)CC1. The number of rotatable bonds is 19. The van der Waals surface area contributed by atoms with E-state index in [1.807, 2.05) is 24.3 Å². The second kappa shape index (κ2) is 21.8. The van der Waals surface area contributed by atoms with Crippen molar-refractivity contribution in [1.29, 1.82) is 0 Å². The van der Waals surface area contributed by atoms with Crippen LogP contribution in [0.25, 0.3) is 0 Å². The van der Waals surface area contributed by atoms with Crippen LogP contribution < -0.4 is 0 Å². The fraction of sp³-hybridized carbons (Fsp3) is 0.636. The molecule has 2 atom stereocenters. The van der Waals surface area contributed by atoms with E-state index in [-0.39, 0.29) is 0 Å². The van der Waals surface area contributed by atoms with Gasteiger partial charge in [0.25, 0.3) is 0 Å². The van der Waals surface area contributed by atoms with Gasteiger partial charge in [-0.25, -0.2) is 9.59 Å². The molecule has 0 spiro atoms. The summed E-state index contributed by atoms with van der Waals surface area (Å²) in [5, 5.41) is 0. The van der Waals surface area contributed by atoms with Gasteiger partial charge in [-0.05, 0) is 110 Å². The highest BCUT2D eigenvalue weighted by Gasteiger charge is 2.35. The predicted molar refractivity (Wildman–Crippen MR) is 202 cm³/mol. The highest BCUT2D eigenvalue weighted by atomic mass is 16.6. The maximum atomic E-state index is 13.4. The molecule has 2 aromatic rings. The molecule has 2 saturated carbocycles. The third-order valence-corrected chi connectivity index (χ3v) is 11.5. The molecule has 0 amide bonds. The van der Waals surface area contributed by atoms with Crippen LogP contribution in [0.5, 0.6) is 0 Å². The van der Waals surface area contributed by atoms with E-state index in [9.17, 15) is 19.2 Å².